The highest BCUT2D eigenvalue weighted by Crippen LogP contribution is 2.09. The van der Waals surface area contributed by atoms with E-state index in [9.17, 15) is 0 Å². The van der Waals surface area contributed by atoms with Crippen LogP contribution >= 0.6 is 21.8 Å². The Morgan fingerprint density at radius 3 is 3.00 bits per heavy atom. The molecule has 0 radical (unpaired) electrons. The number of hydrogen-bond acceptors (Lipinski definition) is 3. The Kier molecular flexibility index (Phi) is 1.19. The van der Waals surface area contributed by atoms with Gasteiger partial charge in [-0.2, -0.15) is 0 Å². The van der Waals surface area contributed by atoms with Crippen molar-refractivity contribution >= 4 is 27.3 Å². The van der Waals surface area contributed by atoms with Gasteiger partial charge in [0.15, 0.2) is 11.0 Å². The highest BCUT2D eigenvalue weighted by Gasteiger charge is 1.93. The van der Waals surface area contributed by atoms with Crippen molar-refractivity contribution in [1.82, 2.24) is 0 Å². The smallest absolute Gasteiger partial charge is 0.150 e. The van der Waals surface area contributed by atoms with E-state index >= 15 is 0 Å². The van der Waals surface area contributed by atoms with Crippen molar-refractivity contribution in [2.75, 3.05) is 0 Å². The van der Waals surface area contributed by atoms with Gasteiger partial charge in [-0.25, -0.2) is 0 Å². The minimum Gasteiger partial charge on any atom is -0.150 e. The molecule has 0 aliphatic carbocycles. The van der Waals surface area contributed by atoms with Crippen LogP contribution in [0.15, 0.2) is 5.10 Å². The van der Waals surface area contributed by atoms with Crippen molar-refractivity contribution in [3.63, 3.8) is 0 Å². The molecule has 2 N–H and O–H groups in total. The minimum atomic E-state index is 1.64. The van der Waals surface area contributed by atoms with E-state index in [0.29, 0.717) is 0 Å². The normalized spacial score (nSPS) is 20.8. The highest BCUT2D eigenvalue weighted by molar-refractivity contribution is 8.79. The van der Waals surface area contributed by atoms with Gasteiger partial charge in [-0.05, 0) is 0 Å². The lowest BCUT2D eigenvalue weighted by atomic mass is 11.7. The summed E-state index contributed by atoms with van der Waals surface area (Å²) in [7, 11) is 3.29. The van der Waals surface area contributed by atoms with Crippen molar-refractivity contribution in [1.29, 1.82) is 0 Å². The van der Waals surface area contributed by atoms with Crippen LogP contribution in [0.5, 0.6) is 0 Å². The molecule has 0 aromatic heterocycles. The fraction of sp³-hybridized carbons (Fsp3) is 0. The predicted molar refractivity (Wildman–Crippen MR) is 25.6 cm³/mol. The third-order valence-electron chi connectivity index (χ3n) is 0.263. The van der Waals surface area contributed by atoms with Gasteiger partial charge in [-0.1, -0.05) is 5.10 Å². The van der Waals surface area contributed by atoms with Gasteiger partial charge < -0.3 is 0 Å². The number of nitrogens with zero attached hydrogens (tertiary/aromatic N) is 1. The summed E-state index contributed by atoms with van der Waals surface area (Å²) in [6, 6.07) is 0. The van der Waals surface area contributed by atoms with Crippen LogP contribution in [-0.4, -0.2) is 5.55 Å². The van der Waals surface area contributed by atoms with Crippen molar-refractivity contribution in [3.05, 3.63) is 0 Å². The van der Waals surface area contributed by atoms with Crippen LogP contribution in [0.4, 0.5) is 0 Å². The molecule has 0 amide bonds. The molecule has 4 heteroatoms. The van der Waals surface area contributed by atoms with Crippen molar-refractivity contribution in [3.8, 4) is 0 Å². The SMILES string of the molecule is C1=N[NH2+]SS1. The largest absolute Gasteiger partial charge is 0.179 e. The third kappa shape index (κ3) is 0.827. The summed E-state index contributed by atoms with van der Waals surface area (Å²) >= 11 is 0. The molecule has 5 heavy (non-hydrogen) atoms. The van der Waals surface area contributed by atoms with E-state index in [1.165, 1.54) is 0 Å². The quantitative estimate of drug-likeness (QED) is 0.264. The first-order chi connectivity index (χ1) is 2.50. The summed E-state index contributed by atoms with van der Waals surface area (Å²) in [5.74, 6) is 0. The molecule has 0 aromatic carbocycles. The standard InChI is InChI=1S/CH2N2S2/c1-2-3-5-4-1/h1,3H/p+1. The van der Waals surface area contributed by atoms with E-state index in [1.807, 2.05) is 10.4 Å². The molecule has 28 valence electrons. The van der Waals surface area contributed by atoms with Gasteiger partial charge in [0.1, 0.15) is 5.55 Å². The second-order valence-electron chi connectivity index (χ2n) is 0.552. The molecular formula is CH3N2S2+. The first-order valence-corrected chi connectivity index (χ1v) is 3.43. The molecule has 1 aliphatic heterocycles. The van der Waals surface area contributed by atoms with Gasteiger partial charge in [0, 0.05) is 10.8 Å². The molecule has 0 aromatic rings. The monoisotopic (exact) mass is 107 g/mol. The number of quaternary nitrogens is 1. The summed E-state index contributed by atoms with van der Waals surface area (Å²) in [4.78, 5) is 1.81. The summed E-state index contributed by atoms with van der Waals surface area (Å²) in [6.45, 7) is 0. The summed E-state index contributed by atoms with van der Waals surface area (Å²) in [6.07, 6.45) is 0. The molecule has 0 fully saturated rings. The van der Waals surface area contributed by atoms with E-state index in [4.69, 9.17) is 0 Å². The van der Waals surface area contributed by atoms with Crippen molar-refractivity contribution in [2.45, 2.75) is 0 Å². The molecule has 0 bridgehead atoms. The van der Waals surface area contributed by atoms with Gasteiger partial charge in [0.2, 0.25) is 0 Å². The number of rotatable bonds is 0. The van der Waals surface area contributed by atoms with Gasteiger partial charge in [0.25, 0.3) is 0 Å². The Balaban J connectivity index is 2.32. The molecular weight excluding hydrogens is 104 g/mol. The zero-order valence-electron chi connectivity index (χ0n) is 2.42. The van der Waals surface area contributed by atoms with Crippen LogP contribution in [0.1, 0.15) is 0 Å². The Morgan fingerprint density at radius 1 is 1.80 bits per heavy atom. The maximum atomic E-state index is 3.76. The number of hydrogen-bond donors (Lipinski definition) is 1. The van der Waals surface area contributed by atoms with Crippen molar-refractivity contribution in [2.24, 2.45) is 5.10 Å². The molecule has 1 aliphatic rings. The Morgan fingerprint density at radius 2 is 2.80 bits per heavy atom. The molecule has 0 spiro atoms. The minimum absolute atomic E-state index is 1.64. The molecule has 1 heterocycles. The Hall–Kier alpha value is 0.330. The zero-order valence-corrected chi connectivity index (χ0v) is 4.05. The Labute approximate surface area is 37.9 Å². The van der Waals surface area contributed by atoms with E-state index in [0.717, 1.165) is 0 Å². The second-order valence-corrected chi connectivity index (χ2v) is 2.51. The van der Waals surface area contributed by atoms with Gasteiger partial charge in [-0.15, -0.1) is 4.83 Å². The van der Waals surface area contributed by atoms with Gasteiger partial charge in [0.05, 0.1) is 0 Å². The molecule has 0 saturated carbocycles. The lowest BCUT2D eigenvalue weighted by Gasteiger charge is -1.63. The highest BCUT2D eigenvalue weighted by atomic mass is 33.1. The molecule has 2 nitrogen and oxygen atoms in total. The second kappa shape index (κ2) is 1.69. The average molecular weight is 107 g/mol. The zero-order chi connectivity index (χ0) is 3.54. The maximum Gasteiger partial charge on any atom is 0.179 e. The van der Waals surface area contributed by atoms with E-state index < -0.39 is 0 Å². The average Bonchev–Trinajstić information content (AvgIpc) is 1.76. The predicted octanol–water partition coefficient (Wildman–Crippen LogP) is -0.197. The maximum absolute atomic E-state index is 3.76. The van der Waals surface area contributed by atoms with Gasteiger partial charge >= 0.3 is 0 Å². The molecule has 1 rings (SSSR count). The summed E-state index contributed by atoms with van der Waals surface area (Å²) in [5.41, 5.74) is 1.81. The lowest BCUT2D eigenvalue weighted by molar-refractivity contribution is -0.480. The first-order valence-electron chi connectivity index (χ1n) is 1.15. The van der Waals surface area contributed by atoms with E-state index in [2.05, 4.69) is 5.10 Å². The van der Waals surface area contributed by atoms with Crippen LogP contribution in [0.2, 0.25) is 0 Å². The third-order valence-corrected chi connectivity index (χ3v) is 1.64. The summed E-state index contributed by atoms with van der Waals surface area (Å²) in [5, 5.41) is 3.76. The van der Waals surface area contributed by atoms with Crippen LogP contribution in [0.25, 0.3) is 0 Å². The number of nitrogens with two attached hydrogens (primary N) is 1. The Bertz CT molecular complexity index is 45.6. The summed E-state index contributed by atoms with van der Waals surface area (Å²) < 4.78 is 0. The van der Waals surface area contributed by atoms with Crippen LogP contribution in [0, 0.1) is 0 Å². The van der Waals surface area contributed by atoms with Crippen LogP contribution in [-0.2, 0) is 0 Å². The fourth-order valence-corrected chi connectivity index (χ4v) is 1.12. The molecule has 0 atom stereocenters. The van der Waals surface area contributed by atoms with E-state index in [1.54, 1.807) is 21.8 Å². The molecule has 0 saturated heterocycles. The molecule has 0 unspecified atom stereocenters. The fourth-order valence-electron chi connectivity index (χ4n) is 0.124. The van der Waals surface area contributed by atoms with Crippen LogP contribution < -0.4 is 4.83 Å². The van der Waals surface area contributed by atoms with Gasteiger partial charge in [-0.3, -0.25) is 0 Å². The van der Waals surface area contributed by atoms with Crippen LogP contribution in [0.3, 0.4) is 0 Å². The lowest BCUT2D eigenvalue weighted by Crippen LogP contribution is -2.65. The topological polar surface area (TPSA) is 29.0 Å². The van der Waals surface area contributed by atoms with E-state index in [-0.39, 0.29) is 0 Å². The van der Waals surface area contributed by atoms with Crippen molar-refractivity contribution < 1.29 is 4.83 Å². The first kappa shape index (κ1) is 3.52.